The van der Waals surface area contributed by atoms with Crippen LogP contribution in [0.4, 0.5) is 4.39 Å². The van der Waals surface area contributed by atoms with Crippen LogP contribution in [0.1, 0.15) is 23.5 Å². The molecule has 0 spiro atoms. The van der Waals surface area contributed by atoms with E-state index in [0.29, 0.717) is 41.3 Å². The number of nitrogens with one attached hydrogen (secondary N) is 1. The SMILES string of the molecule is CCOC(=O)C1=C(CN2CCN3C(=S)N(C)C[C@@H]3[C@H]2C(=O)O)NC(c2nccs2)=N[C@H]1c1cccc(F)c1Cl. The number of carboxylic acid groups (broad SMARTS) is 1. The molecule has 2 saturated heterocycles. The Kier molecular flexibility index (Phi) is 7.85. The largest absolute Gasteiger partial charge is 0.480 e. The molecular weight excluding hydrogens is 567 g/mol. The number of hydrogen-bond acceptors (Lipinski definition) is 9. The molecule has 0 saturated carbocycles. The molecule has 206 valence electrons. The Labute approximate surface area is 238 Å². The molecule has 0 radical (unpaired) electrons. The van der Waals surface area contributed by atoms with E-state index in [0.717, 1.165) is 0 Å². The van der Waals surface area contributed by atoms with E-state index in [9.17, 15) is 19.1 Å². The zero-order valence-corrected chi connectivity index (χ0v) is 23.5. The van der Waals surface area contributed by atoms with Crippen LogP contribution in [-0.4, -0.2) is 99.6 Å². The number of carboxylic acids is 1. The number of aliphatic carboxylic acids is 1. The number of likely N-dealkylation sites (N-methyl/N-ethyl adjacent to an activating group) is 1. The standard InChI is InChI=1S/C25H26ClFN6O4S2/c1-3-37-24(36)17-15(11-32-8-9-33-16(20(32)23(34)35)12-31(2)25(33)38)29-21(22-28-7-10-39-22)30-19(17)13-5-4-6-14(27)18(13)26/h4-7,10,16,19-20H,3,8-9,11-12H2,1-2H3,(H,29,30)(H,34,35)/t16-,19+,20+/m1/s1. The van der Waals surface area contributed by atoms with Crippen molar-refractivity contribution in [1.29, 1.82) is 0 Å². The van der Waals surface area contributed by atoms with Gasteiger partial charge in [-0.3, -0.25) is 14.7 Å². The summed E-state index contributed by atoms with van der Waals surface area (Å²) in [7, 11) is 1.85. The fourth-order valence-corrected chi connectivity index (χ4v) is 6.36. The molecule has 10 nitrogen and oxygen atoms in total. The van der Waals surface area contributed by atoms with Crippen LogP contribution in [-0.2, 0) is 14.3 Å². The van der Waals surface area contributed by atoms with Crippen LogP contribution in [0.2, 0.25) is 5.02 Å². The third-order valence-corrected chi connectivity index (χ3v) is 8.69. The van der Waals surface area contributed by atoms with Crippen LogP contribution in [0.15, 0.2) is 46.0 Å². The van der Waals surface area contributed by atoms with E-state index in [1.54, 1.807) is 24.6 Å². The number of thiazole rings is 1. The number of amidine groups is 1. The van der Waals surface area contributed by atoms with Crippen molar-refractivity contribution < 1.29 is 23.8 Å². The molecule has 0 unspecified atom stereocenters. The first-order chi connectivity index (χ1) is 18.7. The Hall–Kier alpha value is -3.13. The number of carbonyl (C=O) groups is 2. The highest BCUT2D eigenvalue weighted by Gasteiger charge is 2.47. The van der Waals surface area contributed by atoms with Crippen molar-refractivity contribution in [2.75, 3.05) is 39.8 Å². The maximum Gasteiger partial charge on any atom is 0.338 e. The number of halogens is 2. The molecule has 4 heterocycles. The normalized spacial score (nSPS) is 23.4. The second kappa shape index (κ2) is 11.2. The number of fused-ring (bicyclic) bond motifs is 1. The minimum Gasteiger partial charge on any atom is -0.480 e. The van der Waals surface area contributed by atoms with E-state index >= 15 is 0 Å². The lowest BCUT2D eigenvalue weighted by atomic mass is 9.94. The van der Waals surface area contributed by atoms with Crippen LogP contribution < -0.4 is 5.32 Å². The van der Waals surface area contributed by atoms with E-state index in [1.807, 2.05) is 21.7 Å². The van der Waals surface area contributed by atoms with Gasteiger partial charge >= 0.3 is 11.9 Å². The molecule has 3 aliphatic rings. The predicted molar refractivity (Wildman–Crippen MR) is 148 cm³/mol. The van der Waals surface area contributed by atoms with Crippen LogP contribution >= 0.6 is 35.2 Å². The van der Waals surface area contributed by atoms with Gasteiger partial charge in [0, 0.05) is 56.1 Å². The molecule has 3 aliphatic heterocycles. The van der Waals surface area contributed by atoms with Crippen molar-refractivity contribution >= 4 is 58.0 Å². The van der Waals surface area contributed by atoms with Gasteiger partial charge in [0.25, 0.3) is 0 Å². The fraction of sp³-hybridized carbons (Fsp3) is 0.400. The van der Waals surface area contributed by atoms with Gasteiger partial charge in [0.15, 0.2) is 16.0 Å². The molecule has 2 N–H and O–H groups in total. The molecule has 2 aromatic rings. The summed E-state index contributed by atoms with van der Waals surface area (Å²) in [4.78, 5) is 40.6. The average Bonchev–Trinajstić information content (AvgIpc) is 3.53. The van der Waals surface area contributed by atoms with Crippen molar-refractivity contribution in [2.24, 2.45) is 4.99 Å². The monoisotopic (exact) mass is 592 g/mol. The van der Waals surface area contributed by atoms with Gasteiger partial charge in [-0.1, -0.05) is 23.7 Å². The summed E-state index contributed by atoms with van der Waals surface area (Å²) in [6.07, 6.45) is 1.62. The van der Waals surface area contributed by atoms with E-state index in [2.05, 4.69) is 10.3 Å². The molecule has 5 rings (SSSR count). The lowest BCUT2D eigenvalue weighted by Gasteiger charge is -2.43. The summed E-state index contributed by atoms with van der Waals surface area (Å²) in [5, 5.41) is 16.3. The van der Waals surface area contributed by atoms with Gasteiger partial charge in [-0.25, -0.2) is 14.2 Å². The Balaban J connectivity index is 1.60. The smallest absolute Gasteiger partial charge is 0.338 e. The Morgan fingerprint density at radius 2 is 2.15 bits per heavy atom. The number of hydrogen-bond donors (Lipinski definition) is 2. The summed E-state index contributed by atoms with van der Waals surface area (Å²) >= 11 is 13.2. The number of thiocarbonyl (C=S) groups is 1. The van der Waals surface area contributed by atoms with Crippen LogP contribution in [0.5, 0.6) is 0 Å². The van der Waals surface area contributed by atoms with E-state index in [1.165, 1.54) is 23.5 Å². The van der Waals surface area contributed by atoms with Gasteiger partial charge in [0.1, 0.15) is 17.9 Å². The zero-order chi connectivity index (χ0) is 27.8. The van der Waals surface area contributed by atoms with Crippen molar-refractivity contribution in [3.05, 3.63) is 62.5 Å². The fourth-order valence-electron chi connectivity index (χ4n) is 5.25. The number of aliphatic imine (C=N–C) groups is 1. The van der Waals surface area contributed by atoms with Crippen LogP contribution in [0.25, 0.3) is 0 Å². The van der Waals surface area contributed by atoms with Crippen molar-refractivity contribution in [1.82, 2.24) is 25.0 Å². The summed E-state index contributed by atoms with van der Waals surface area (Å²) in [6.45, 7) is 3.24. The number of rotatable bonds is 7. The minimum atomic E-state index is -1.00. The molecule has 14 heteroatoms. The molecule has 2 fully saturated rings. The summed E-state index contributed by atoms with van der Waals surface area (Å²) in [5.74, 6) is -1.92. The zero-order valence-electron chi connectivity index (χ0n) is 21.1. The Morgan fingerprint density at radius 3 is 2.85 bits per heavy atom. The second-order valence-corrected chi connectivity index (χ2v) is 10.9. The number of carbonyl (C=O) groups excluding carboxylic acids is 1. The van der Waals surface area contributed by atoms with Crippen molar-refractivity contribution in [3.8, 4) is 0 Å². The van der Waals surface area contributed by atoms with Gasteiger partial charge in [-0.05, 0) is 25.2 Å². The minimum absolute atomic E-state index is 0.0692. The van der Waals surface area contributed by atoms with E-state index in [4.69, 9.17) is 33.5 Å². The first-order valence-corrected chi connectivity index (χ1v) is 13.9. The average molecular weight is 593 g/mol. The summed E-state index contributed by atoms with van der Waals surface area (Å²) < 4.78 is 19.9. The molecule has 1 aromatic heterocycles. The van der Waals surface area contributed by atoms with Gasteiger partial charge in [0.2, 0.25) is 0 Å². The second-order valence-electron chi connectivity index (χ2n) is 9.28. The first kappa shape index (κ1) is 27.4. The number of esters is 1. The maximum absolute atomic E-state index is 14.5. The molecule has 39 heavy (non-hydrogen) atoms. The summed E-state index contributed by atoms with van der Waals surface area (Å²) in [6, 6.07) is 2.08. The number of benzene rings is 1. The molecule has 3 atom stereocenters. The number of ether oxygens (including phenoxy) is 1. The third-order valence-electron chi connectivity index (χ3n) is 6.97. The lowest BCUT2D eigenvalue weighted by Crippen LogP contribution is -2.62. The highest BCUT2D eigenvalue weighted by Crippen LogP contribution is 2.38. The predicted octanol–water partition coefficient (Wildman–Crippen LogP) is 2.51. The highest BCUT2D eigenvalue weighted by atomic mass is 35.5. The topological polar surface area (TPSA) is 111 Å². The van der Waals surface area contributed by atoms with Crippen molar-refractivity contribution in [2.45, 2.75) is 25.0 Å². The lowest BCUT2D eigenvalue weighted by molar-refractivity contribution is -0.146. The van der Waals surface area contributed by atoms with Gasteiger partial charge < -0.3 is 25.0 Å². The highest BCUT2D eigenvalue weighted by molar-refractivity contribution is 7.80. The van der Waals surface area contributed by atoms with Crippen LogP contribution in [0.3, 0.4) is 0 Å². The summed E-state index contributed by atoms with van der Waals surface area (Å²) in [5.41, 5.74) is 0.818. The van der Waals surface area contributed by atoms with Gasteiger partial charge in [-0.2, -0.15) is 0 Å². The van der Waals surface area contributed by atoms with E-state index < -0.39 is 29.8 Å². The Morgan fingerprint density at radius 1 is 1.36 bits per heavy atom. The molecule has 0 bridgehead atoms. The quantitative estimate of drug-likeness (QED) is 0.367. The van der Waals surface area contributed by atoms with Crippen molar-refractivity contribution in [3.63, 3.8) is 0 Å². The third kappa shape index (κ3) is 5.11. The number of nitrogens with zero attached hydrogens (tertiary/aromatic N) is 5. The molecule has 0 amide bonds. The molecule has 1 aromatic carbocycles. The Bertz CT molecular complexity index is 1370. The van der Waals surface area contributed by atoms with Gasteiger partial charge in [0.05, 0.1) is 23.2 Å². The maximum atomic E-state index is 14.5. The van der Waals surface area contributed by atoms with Crippen LogP contribution in [0, 0.1) is 5.82 Å². The number of piperazine rings is 1. The first-order valence-electron chi connectivity index (χ1n) is 12.3. The molecule has 0 aliphatic carbocycles. The number of aromatic nitrogens is 1. The molecular formula is C25H26ClFN6O4S2. The van der Waals surface area contributed by atoms with Gasteiger partial charge in [-0.15, -0.1) is 11.3 Å². The van der Waals surface area contributed by atoms with E-state index in [-0.39, 0.29) is 35.4 Å².